The van der Waals surface area contributed by atoms with Crippen molar-refractivity contribution in [3.05, 3.63) is 66.0 Å². The molecule has 0 spiro atoms. The average molecular weight is 268 g/mol. The van der Waals surface area contributed by atoms with Crippen LogP contribution in [0.1, 0.15) is 5.56 Å². The molecule has 3 rings (SSSR count). The van der Waals surface area contributed by atoms with E-state index < -0.39 is 0 Å². The summed E-state index contributed by atoms with van der Waals surface area (Å²) in [6, 6.07) is 15.6. The van der Waals surface area contributed by atoms with Crippen LogP contribution < -0.4 is 10.5 Å². The fourth-order valence-electron chi connectivity index (χ4n) is 2.02. The number of nitrogens with zero attached hydrogens (tertiary/aromatic N) is 1. The first-order valence-corrected chi connectivity index (χ1v) is 6.28. The highest BCUT2D eigenvalue weighted by Crippen LogP contribution is 2.27. The second kappa shape index (κ2) is 5.27. The van der Waals surface area contributed by atoms with Gasteiger partial charge in [-0.3, -0.25) is 0 Å². The van der Waals surface area contributed by atoms with E-state index in [-0.39, 0.29) is 5.82 Å². The quantitative estimate of drug-likeness (QED) is 0.789. The highest BCUT2D eigenvalue weighted by atomic mass is 19.1. The van der Waals surface area contributed by atoms with Crippen molar-refractivity contribution >= 4 is 10.9 Å². The number of nitrogens with two attached hydrogens (primary N) is 1. The van der Waals surface area contributed by atoms with Gasteiger partial charge in [0.1, 0.15) is 11.6 Å². The predicted octanol–water partition coefficient (Wildman–Crippen LogP) is 3.62. The first-order chi connectivity index (χ1) is 9.76. The van der Waals surface area contributed by atoms with E-state index in [0.717, 1.165) is 16.5 Å². The van der Waals surface area contributed by atoms with Crippen LogP contribution in [0.4, 0.5) is 4.39 Å². The number of aromatic nitrogens is 1. The number of para-hydroxylation sites is 1. The smallest absolute Gasteiger partial charge is 0.224 e. The van der Waals surface area contributed by atoms with Crippen LogP contribution in [0, 0.1) is 5.82 Å². The summed E-state index contributed by atoms with van der Waals surface area (Å²) in [5, 5.41) is 1.000. The van der Waals surface area contributed by atoms with Crippen molar-refractivity contribution in [3.8, 4) is 11.6 Å². The third-order valence-electron chi connectivity index (χ3n) is 2.99. The zero-order valence-electron chi connectivity index (χ0n) is 10.7. The van der Waals surface area contributed by atoms with E-state index in [2.05, 4.69) is 4.98 Å². The van der Waals surface area contributed by atoms with Crippen molar-refractivity contribution in [3.63, 3.8) is 0 Å². The number of fused-ring (bicyclic) bond motifs is 1. The van der Waals surface area contributed by atoms with Gasteiger partial charge in [0, 0.05) is 23.6 Å². The normalized spacial score (nSPS) is 10.7. The highest BCUT2D eigenvalue weighted by molar-refractivity contribution is 5.80. The second-order valence-corrected chi connectivity index (χ2v) is 4.41. The van der Waals surface area contributed by atoms with E-state index in [1.54, 1.807) is 12.1 Å². The van der Waals surface area contributed by atoms with Crippen molar-refractivity contribution in [1.29, 1.82) is 0 Å². The molecule has 1 aromatic heterocycles. The number of ether oxygens (including phenoxy) is 1. The lowest BCUT2D eigenvalue weighted by Gasteiger charge is -2.10. The van der Waals surface area contributed by atoms with E-state index in [4.69, 9.17) is 10.5 Å². The number of halogens is 1. The molecular weight excluding hydrogens is 255 g/mol. The Morgan fingerprint density at radius 2 is 1.90 bits per heavy atom. The van der Waals surface area contributed by atoms with Crippen LogP contribution in [0.3, 0.4) is 0 Å². The zero-order chi connectivity index (χ0) is 13.9. The molecule has 4 heteroatoms. The molecule has 0 saturated heterocycles. The molecule has 0 aliphatic rings. The molecule has 100 valence electrons. The van der Waals surface area contributed by atoms with Crippen LogP contribution in [-0.4, -0.2) is 4.98 Å². The van der Waals surface area contributed by atoms with Crippen LogP contribution in [0.5, 0.6) is 11.6 Å². The molecule has 0 aliphatic heterocycles. The maximum absolute atomic E-state index is 13.2. The maximum atomic E-state index is 13.2. The molecule has 0 atom stereocenters. The molecule has 0 bridgehead atoms. The SMILES string of the molecule is NCc1cc2ccccc2nc1Oc1cccc(F)c1. The van der Waals surface area contributed by atoms with E-state index in [1.807, 2.05) is 30.3 Å². The summed E-state index contributed by atoms with van der Waals surface area (Å²) in [6.07, 6.45) is 0. The Morgan fingerprint density at radius 3 is 2.70 bits per heavy atom. The van der Waals surface area contributed by atoms with Gasteiger partial charge in [0.25, 0.3) is 0 Å². The molecule has 0 amide bonds. The largest absolute Gasteiger partial charge is 0.439 e. The second-order valence-electron chi connectivity index (χ2n) is 4.41. The lowest BCUT2D eigenvalue weighted by molar-refractivity contribution is 0.454. The summed E-state index contributed by atoms with van der Waals surface area (Å²) in [5.74, 6) is 0.469. The molecule has 3 aromatic rings. The number of pyridine rings is 1. The first-order valence-electron chi connectivity index (χ1n) is 6.28. The van der Waals surface area contributed by atoms with Gasteiger partial charge in [-0.25, -0.2) is 9.37 Å². The highest BCUT2D eigenvalue weighted by Gasteiger charge is 2.08. The summed E-state index contributed by atoms with van der Waals surface area (Å²) in [4.78, 5) is 4.45. The Labute approximate surface area is 115 Å². The summed E-state index contributed by atoms with van der Waals surface area (Å²) in [6.45, 7) is 0.308. The van der Waals surface area contributed by atoms with Crippen molar-refractivity contribution in [2.45, 2.75) is 6.54 Å². The van der Waals surface area contributed by atoms with Crippen LogP contribution in [0.15, 0.2) is 54.6 Å². The molecule has 1 heterocycles. The van der Waals surface area contributed by atoms with Crippen molar-refractivity contribution in [2.75, 3.05) is 0 Å². The third-order valence-corrected chi connectivity index (χ3v) is 2.99. The molecule has 3 nitrogen and oxygen atoms in total. The molecule has 2 aromatic carbocycles. The molecule has 0 aliphatic carbocycles. The van der Waals surface area contributed by atoms with Gasteiger partial charge in [-0.2, -0.15) is 0 Å². The molecule has 20 heavy (non-hydrogen) atoms. The molecule has 0 fully saturated rings. The van der Waals surface area contributed by atoms with Gasteiger partial charge in [-0.05, 0) is 24.3 Å². The number of hydrogen-bond acceptors (Lipinski definition) is 3. The van der Waals surface area contributed by atoms with Gasteiger partial charge >= 0.3 is 0 Å². The molecule has 0 unspecified atom stereocenters. The zero-order valence-corrected chi connectivity index (χ0v) is 10.7. The van der Waals surface area contributed by atoms with Gasteiger partial charge in [-0.1, -0.05) is 24.3 Å². The third kappa shape index (κ3) is 2.46. The standard InChI is InChI=1S/C16H13FN2O/c17-13-5-3-6-14(9-13)20-16-12(10-18)8-11-4-1-2-7-15(11)19-16/h1-9H,10,18H2. The summed E-state index contributed by atoms with van der Waals surface area (Å²) in [7, 11) is 0. The molecule has 2 N–H and O–H groups in total. The van der Waals surface area contributed by atoms with E-state index >= 15 is 0 Å². The van der Waals surface area contributed by atoms with Crippen molar-refractivity contribution < 1.29 is 9.13 Å². The summed E-state index contributed by atoms with van der Waals surface area (Å²) >= 11 is 0. The van der Waals surface area contributed by atoms with E-state index in [1.165, 1.54) is 12.1 Å². The van der Waals surface area contributed by atoms with Crippen LogP contribution in [0.25, 0.3) is 10.9 Å². The van der Waals surface area contributed by atoms with Gasteiger partial charge in [0.05, 0.1) is 5.52 Å². The Balaban J connectivity index is 2.05. The van der Waals surface area contributed by atoms with E-state index in [0.29, 0.717) is 18.2 Å². The lowest BCUT2D eigenvalue weighted by Crippen LogP contribution is -2.01. The van der Waals surface area contributed by atoms with Gasteiger partial charge in [-0.15, -0.1) is 0 Å². The minimum atomic E-state index is -0.349. The Morgan fingerprint density at radius 1 is 1.05 bits per heavy atom. The van der Waals surface area contributed by atoms with Crippen LogP contribution in [0.2, 0.25) is 0 Å². The fourth-order valence-corrected chi connectivity index (χ4v) is 2.02. The molecule has 0 saturated carbocycles. The Bertz CT molecular complexity index is 758. The number of hydrogen-bond donors (Lipinski definition) is 1. The average Bonchev–Trinajstić information content (AvgIpc) is 2.46. The molecular formula is C16H13FN2O. The Hall–Kier alpha value is -2.46. The minimum Gasteiger partial charge on any atom is -0.439 e. The van der Waals surface area contributed by atoms with Gasteiger partial charge in [0.2, 0.25) is 5.88 Å². The minimum absolute atomic E-state index is 0.308. The summed E-state index contributed by atoms with van der Waals surface area (Å²) in [5.41, 5.74) is 7.33. The number of rotatable bonds is 3. The molecule has 0 radical (unpaired) electrons. The van der Waals surface area contributed by atoms with Gasteiger partial charge < -0.3 is 10.5 Å². The van der Waals surface area contributed by atoms with E-state index in [9.17, 15) is 4.39 Å². The predicted molar refractivity (Wildman–Crippen MR) is 76.1 cm³/mol. The monoisotopic (exact) mass is 268 g/mol. The summed E-state index contributed by atoms with van der Waals surface area (Å²) < 4.78 is 18.8. The fraction of sp³-hybridized carbons (Fsp3) is 0.0625. The van der Waals surface area contributed by atoms with Crippen LogP contribution >= 0.6 is 0 Å². The topological polar surface area (TPSA) is 48.1 Å². The Kier molecular flexibility index (Phi) is 3.31. The van der Waals surface area contributed by atoms with Crippen LogP contribution in [-0.2, 0) is 6.54 Å². The van der Waals surface area contributed by atoms with Crippen molar-refractivity contribution in [2.24, 2.45) is 5.73 Å². The van der Waals surface area contributed by atoms with Gasteiger partial charge in [0.15, 0.2) is 0 Å². The number of benzene rings is 2. The first kappa shape index (κ1) is 12.6. The maximum Gasteiger partial charge on any atom is 0.224 e. The van der Waals surface area contributed by atoms with Crippen molar-refractivity contribution in [1.82, 2.24) is 4.98 Å². The lowest BCUT2D eigenvalue weighted by atomic mass is 10.1.